The zero-order chi connectivity index (χ0) is 15.0. The van der Waals surface area contributed by atoms with E-state index in [4.69, 9.17) is 0 Å². The van der Waals surface area contributed by atoms with E-state index in [2.05, 4.69) is 10.3 Å². The summed E-state index contributed by atoms with van der Waals surface area (Å²) in [5.74, 6) is -0.189. The number of halogens is 1. The first-order valence-corrected chi connectivity index (χ1v) is 7.23. The monoisotopic (exact) mass is 289 g/mol. The van der Waals surface area contributed by atoms with Gasteiger partial charge in [-0.2, -0.15) is 0 Å². The van der Waals surface area contributed by atoms with Gasteiger partial charge in [0.2, 0.25) is 5.91 Å². The van der Waals surface area contributed by atoms with Crippen molar-refractivity contribution in [2.75, 3.05) is 27.2 Å². The molecule has 0 atom stereocenters. The van der Waals surface area contributed by atoms with E-state index in [1.165, 1.54) is 12.1 Å². The Morgan fingerprint density at radius 3 is 2.86 bits per heavy atom. The Bertz CT molecular complexity index is 673. The first kappa shape index (κ1) is 14.1. The van der Waals surface area contributed by atoms with Crippen LogP contribution < -0.4 is 5.32 Å². The van der Waals surface area contributed by atoms with E-state index in [1.54, 1.807) is 6.07 Å². The third-order valence-corrected chi connectivity index (χ3v) is 4.19. The van der Waals surface area contributed by atoms with E-state index in [-0.39, 0.29) is 11.7 Å². The van der Waals surface area contributed by atoms with Crippen molar-refractivity contribution in [2.45, 2.75) is 18.3 Å². The van der Waals surface area contributed by atoms with Gasteiger partial charge in [0, 0.05) is 30.2 Å². The maximum atomic E-state index is 13.3. The Morgan fingerprint density at radius 1 is 1.43 bits per heavy atom. The van der Waals surface area contributed by atoms with Crippen molar-refractivity contribution in [3.05, 3.63) is 35.8 Å². The topological polar surface area (TPSA) is 48.1 Å². The van der Waals surface area contributed by atoms with E-state index in [0.29, 0.717) is 6.54 Å². The van der Waals surface area contributed by atoms with Gasteiger partial charge in [-0.1, -0.05) is 0 Å². The molecule has 0 radical (unpaired) electrons. The number of nitrogens with zero attached hydrogens (tertiary/aromatic N) is 1. The van der Waals surface area contributed by atoms with Gasteiger partial charge in [-0.3, -0.25) is 4.79 Å². The molecule has 112 valence electrons. The number of likely N-dealkylation sites (N-methyl/N-ethyl adjacent to an activating group) is 1. The first-order valence-electron chi connectivity index (χ1n) is 7.23. The molecule has 0 saturated heterocycles. The summed E-state index contributed by atoms with van der Waals surface area (Å²) >= 11 is 0. The molecule has 2 N–H and O–H groups in total. The summed E-state index contributed by atoms with van der Waals surface area (Å²) < 4.78 is 13.3. The van der Waals surface area contributed by atoms with Gasteiger partial charge >= 0.3 is 0 Å². The lowest BCUT2D eigenvalue weighted by Crippen LogP contribution is -2.38. The number of amides is 1. The van der Waals surface area contributed by atoms with Crippen LogP contribution in [0.2, 0.25) is 0 Å². The van der Waals surface area contributed by atoms with Crippen LogP contribution in [0.1, 0.15) is 18.4 Å². The highest BCUT2D eigenvalue weighted by Gasteiger charge is 2.52. The smallest absolute Gasteiger partial charge is 0.230 e. The summed E-state index contributed by atoms with van der Waals surface area (Å²) in [5, 5.41) is 3.95. The van der Waals surface area contributed by atoms with Crippen LogP contribution in [0.4, 0.5) is 4.39 Å². The summed E-state index contributed by atoms with van der Waals surface area (Å²) in [6, 6.07) is 4.67. The molecule has 4 nitrogen and oxygen atoms in total. The van der Waals surface area contributed by atoms with Crippen molar-refractivity contribution >= 4 is 16.8 Å². The van der Waals surface area contributed by atoms with Gasteiger partial charge in [0.05, 0.1) is 5.41 Å². The molecule has 1 aromatic heterocycles. The largest absolute Gasteiger partial charge is 0.361 e. The number of nitrogens with one attached hydrogen (secondary N) is 2. The maximum absolute atomic E-state index is 13.3. The van der Waals surface area contributed by atoms with Crippen LogP contribution in [0.5, 0.6) is 0 Å². The Kier molecular flexibility index (Phi) is 3.45. The van der Waals surface area contributed by atoms with Crippen LogP contribution in [0.3, 0.4) is 0 Å². The zero-order valence-corrected chi connectivity index (χ0v) is 12.4. The van der Waals surface area contributed by atoms with E-state index < -0.39 is 5.41 Å². The van der Waals surface area contributed by atoms with Crippen molar-refractivity contribution in [3.8, 4) is 0 Å². The number of benzene rings is 1. The first-order chi connectivity index (χ1) is 10.0. The molecule has 1 aromatic carbocycles. The van der Waals surface area contributed by atoms with Crippen LogP contribution in [0.25, 0.3) is 10.9 Å². The molecule has 0 unspecified atom stereocenters. The Hall–Kier alpha value is -1.88. The predicted molar refractivity (Wildman–Crippen MR) is 80.7 cm³/mol. The fraction of sp³-hybridized carbons (Fsp3) is 0.438. The number of rotatable bonds is 5. The number of aromatic amines is 1. The van der Waals surface area contributed by atoms with Crippen LogP contribution in [-0.2, 0) is 10.2 Å². The number of carbonyl (C=O) groups is 1. The molecule has 1 aliphatic rings. The highest BCUT2D eigenvalue weighted by molar-refractivity contribution is 5.97. The normalized spacial score (nSPS) is 16.4. The van der Waals surface area contributed by atoms with Crippen molar-refractivity contribution < 1.29 is 9.18 Å². The van der Waals surface area contributed by atoms with Crippen molar-refractivity contribution in [1.29, 1.82) is 0 Å². The lowest BCUT2D eigenvalue weighted by atomic mass is 9.94. The summed E-state index contributed by atoms with van der Waals surface area (Å²) in [6.07, 6.45) is 3.55. The quantitative estimate of drug-likeness (QED) is 0.884. The van der Waals surface area contributed by atoms with Crippen molar-refractivity contribution in [3.63, 3.8) is 0 Å². The van der Waals surface area contributed by atoms with Gasteiger partial charge in [-0.15, -0.1) is 0 Å². The highest BCUT2D eigenvalue weighted by Crippen LogP contribution is 2.50. The molecule has 2 aromatic rings. The predicted octanol–water partition coefficient (Wildman–Crippen LogP) is 2.02. The number of aromatic nitrogens is 1. The van der Waals surface area contributed by atoms with Gasteiger partial charge in [0.25, 0.3) is 0 Å². The number of hydrogen-bond acceptors (Lipinski definition) is 2. The van der Waals surface area contributed by atoms with E-state index >= 15 is 0 Å². The molecule has 1 heterocycles. The van der Waals surface area contributed by atoms with Gasteiger partial charge in [-0.25, -0.2) is 4.39 Å². The molecule has 1 saturated carbocycles. The molecule has 0 bridgehead atoms. The minimum absolute atomic E-state index is 0.0783. The molecule has 3 rings (SSSR count). The van der Waals surface area contributed by atoms with E-state index in [1.807, 2.05) is 25.2 Å². The molecular formula is C16H20FN3O. The average Bonchev–Trinajstić information content (AvgIpc) is 3.13. The standard InChI is InChI=1S/C16H20FN3O/c1-20(2)8-7-18-15(21)16(5-6-16)13-10-19-14-9-11(17)3-4-12(13)14/h3-4,9-10,19H,5-8H2,1-2H3,(H,18,21). The third kappa shape index (κ3) is 2.53. The fourth-order valence-corrected chi connectivity index (χ4v) is 2.80. The molecule has 0 aliphatic heterocycles. The number of H-pyrrole nitrogens is 1. The average molecular weight is 289 g/mol. The van der Waals surface area contributed by atoms with Crippen LogP contribution in [0.15, 0.2) is 24.4 Å². The number of carbonyl (C=O) groups excluding carboxylic acids is 1. The minimum Gasteiger partial charge on any atom is -0.361 e. The van der Waals surface area contributed by atoms with Gasteiger partial charge in [0.15, 0.2) is 0 Å². The Balaban J connectivity index is 1.82. The summed E-state index contributed by atoms with van der Waals surface area (Å²) in [4.78, 5) is 17.6. The van der Waals surface area contributed by atoms with Crippen molar-refractivity contribution in [1.82, 2.24) is 15.2 Å². The highest BCUT2D eigenvalue weighted by atomic mass is 19.1. The molecule has 21 heavy (non-hydrogen) atoms. The second-order valence-corrected chi connectivity index (χ2v) is 6.03. The Labute approximate surface area is 123 Å². The van der Waals surface area contributed by atoms with Crippen LogP contribution in [0, 0.1) is 5.82 Å². The van der Waals surface area contributed by atoms with Gasteiger partial charge in [-0.05, 0) is 50.7 Å². The summed E-state index contributed by atoms with van der Waals surface area (Å²) in [7, 11) is 3.96. The van der Waals surface area contributed by atoms with E-state index in [9.17, 15) is 9.18 Å². The number of fused-ring (bicyclic) bond motifs is 1. The van der Waals surface area contributed by atoms with Crippen LogP contribution >= 0.6 is 0 Å². The molecule has 0 spiro atoms. The molecule has 1 fully saturated rings. The minimum atomic E-state index is -0.428. The van der Waals surface area contributed by atoms with E-state index in [0.717, 1.165) is 35.9 Å². The summed E-state index contributed by atoms with van der Waals surface area (Å²) in [5.41, 5.74) is 1.31. The lowest BCUT2D eigenvalue weighted by Gasteiger charge is -2.16. The molecule has 5 heteroatoms. The third-order valence-electron chi connectivity index (χ3n) is 4.19. The zero-order valence-electron chi connectivity index (χ0n) is 12.4. The van der Waals surface area contributed by atoms with Gasteiger partial charge in [0.1, 0.15) is 5.82 Å². The Morgan fingerprint density at radius 2 is 2.19 bits per heavy atom. The SMILES string of the molecule is CN(C)CCNC(=O)C1(c2c[nH]c3cc(F)ccc23)CC1. The second-order valence-electron chi connectivity index (χ2n) is 6.03. The lowest BCUT2D eigenvalue weighted by molar-refractivity contribution is -0.123. The summed E-state index contributed by atoms with van der Waals surface area (Å²) in [6.45, 7) is 1.46. The van der Waals surface area contributed by atoms with Crippen LogP contribution in [-0.4, -0.2) is 43.0 Å². The molecule has 1 aliphatic carbocycles. The van der Waals surface area contributed by atoms with Gasteiger partial charge < -0.3 is 15.2 Å². The number of hydrogen-bond donors (Lipinski definition) is 2. The second kappa shape index (κ2) is 5.15. The fourth-order valence-electron chi connectivity index (χ4n) is 2.80. The maximum Gasteiger partial charge on any atom is 0.230 e. The molecule has 1 amide bonds. The molecular weight excluding hydrogens is 269 g/mol. The van der Waals surface area contributed by atoms with Crippen molar-refractivity contribution in [2.24, 2.45) is 0 Å².